The van der Waals surface area contributed by atoms with Crippen molar-refractivity contribution in [2.45, 2.75) is 0 Å². The normalized spacial score (nSPS) is 17.3. The SMILES string of the molecule is Fc1cccc(N=NN2CCOCC2)c1. The summed E-state index contributed by atoms with van der Waals surface area (Å²) in [6, 6.07) is 6.06. The molecular weight excluding hydrogens is 197 g/mol. The third-order valence-corrected chi connectivity index (χ3v) is 2.08. The molecule has 1 saturated heterocycles. The summed E-state index contributed by atoms with van der Waals surface area (Å²) in [5.74, 6) is -0.298. The van der Waals surface area contributed by atoms with E-state index < -0.39 is 0 Å². The lowest BCUT2D eigenvalue weighted by Crippen LogP contribution is -2.31. The second-order valence-electron chi connectivity index (χ2n) is 3.24. The molecule has 0 unspecified atom stereocenters. The second kappa shape index (κ2) is 4.84. The van der Waals surface area contributed by atoms with Gasteiger partial charge in [-0.15, -0.1) is 5.11 Å². The molecule has 1 heterocycles. The van der Waals surface area contributed by atoms with Crippen molar-refractivity contribution in [1.29, 1.82) is 0 Å². The molecule has 0 spiro atoms. The van der Waals surface area contributed by atoms with Crippen LogP contribution in [0.3, 0.4) is 0 Å². The zero-order chi connectivity index (χ0) is 10.5. The zero-order valence-electron chi connectivity index (χ0n) is 8.27. The Hall–Kier alpha value is -1.49. The van der Waals surface area contributed by atoms with Crippen LogP contribution >= 0.6 is 0 Å². The van der Waals surface area contributed by atoms with Crippen LogP contribution in [0.25, 0.3) is 0 Å². The lowest BCUT2D eigenvalue weighted by Gasteiger charge is -2.22. The van der Waals surface area contributed by atoms with Crippen LogP contribution in [0.15, 0.2) is 34.6 Å². The molecule has 0 aliphatic carbocycles. The van der Waals surface area contributed by atoms with Crippen LogP contribution in [0.4, 0.5) is 10.1 Å². The van der Waals surface area contributed by atoms with Crippen molar-refractivity contribution in [2.75, 3.05) is 26.3 Å². The van der Waals surface area contributed by atoms with Gasteiger partial charge >= 0.3 is 0 Å². The molecule has 15 heavy (non-hydrogen) atoms. The van der Waals surface area contributed by atoms with Crippen LogP contribution in [0.1, 0.15) is 0 Å². The summed E-state index contributed by atoms with van der Waals surface area (Å²) in [6.07, 6.45) is 0. The number of hydrogen-bond donors (Lipinski definition) is 0. The monoisotopic (exact) mass is 209 g/mol. The number of nitrogens with zero attached hydrogens (tertiary/aromatic N) is 3. The van der Waals surface area contributed by atoms with Crippen LogP contribution in [0.2, 0.25) is 0 Å². The summed E-state index contributed by atoms with van der Waals surface area (Å²) in [5, 5.41) is 9.77. The van der Waals surface area contributed by atoms with Crippen molar-refractivity contribution in [3.63, 3.8) is 0 Å². The highest BCUT2D eigenvalue weighted by molar-refractivity contribution is 5.35. The highest BCUT2D eigenvalue weighted by atomic mass is 19.1. The maximum Gasteiger partial charge on any atom is 0.125 e. The van der Waals surface area contributed by atoms with Crippen LogP contribution < -0.4 is 0 Å². The third-order valence-electron chi connectivity index (χ3n) is 2.08. The van der Waals surface area contributed by atoms with Gasteiger partial charge in [0.25, 0.3) is 0 Å². The third kappa shape index (κ3) is 2.99. The van der Waals surface area contributed by atoms with Crippen LogP contribution in [-0.2, 0) is 4.74 Å². The second-order valence-corrected chi connectivity index (χ2v) is 3.24. The highest BCUT2D eigenvalue weighted by Crippen LogP contribution is 2.14. The quantitative estimate of drug-likeness (QED) is 0.700. The average Bonchev–Trinajstić information content (AvgIpc) is 2.28. The summed E-state index contributed by atoms with van der Waals surface area (Å²) >= 11 is 0. The van der Waals surface area contributed by atoms with Crippen LogP contribution in [-0.4, -0.2) is 31.3 Å². The van der Waals surface area contributed by atoms with Gasteiger partial charge < -0.3 is 4.74 Å². The van der Waals surface area contributed by atoms with E-state index in [4.69, 9.17) is 4.74 Å². The molecule has 0 atom stereocenters. The Labute approximate surface area is 87.3 Å². The van der Waals surface area contributed by atoms with Crippen molar-refractivity contribution in [1.82, 2.24) is 5.01 Å². The van der Waals surface area contributed by atoms with Gasteiger partial charge in [0.05, 0.1) is 32.0 Å². The summed E-state index contributed by atoms with van der Waals surface area (Å²) in [7, 11) is 0. The molecule has 1 aromatic rings. The van der Waals surface area contributed by atoms with Crippen molar-refractivity contribution in [3.8, 4) is 0 Å². The Bertz CT molecular complexity index is 350. The van der Waals surface area contributed by atoms with E-state index in [-0.39, 0.29) is 5.82 Å². The van der Waals surface area contributed by atoms with Crippen molar-refractivity contribution >= 4 is 5.69 Å². The minimum atomic E-state index is -0.298. The molecule has 4 nitrogen and oxygen atoms in total. The molecule has 0 saturated carbocycles. The number of ether oxygens (including phenoxy) is 1. The lowest BCUT2D eigenvalue weighted by molar-refractivity contribution is 0.0353. The fraction of sp³-hybridized carbons (Fsp3) is 0.400. The zero-order valence-corrected chi connectivity index (χ0v) is 8.27. The Balaban J connectivity index is 1.97. The molecule has 0 N–H and O–H groups in total. The Morgan fingerprint density at radius 2 is 2.07 bits per heavy atom. The van der Waals surface area contributed by atoms with Crippen LogP contribution in [0.5, 0.6) is 0 Å². The van der Waals surface area contributed by atoms with Gasteiger partial charge in [0, 0.05) is 6.07 Å². The minimum Gasteiger partial charge on any atom is -0.378 e. The summed E-state index contributed by atoms with van der Waals surface area (Å²) in [4.78, 5) is 0. The van der Waals surface area contributed by atoms with E-state index >= 15 is 0 Å². The van der Waals surface area contributed by atoms with Gasteiger partial charge in [-0.25, -0.2) is 4.39 Å². The standard InChI is InChI=1S/C10H12FN3O/c11-9-2-1-3-10(8-9)12-13-14-4-6-15-7-5-14/h1-3,8H,4-7H2. The lowest BCUT2D eigenvalue weighted by atomic mass is 10.3. The Morgan fingerprint density at radius 1 is 1.27 bits per heavy atom. The van der Waals surface area contributed by atoms with E-state index in [1.807, 2.05) is 5.01 Å². The van der Waals surface area contributed by atoms with E-state index in [1.165, 1.54) is 12.1 Å². The van der Waals surface area contributed by atoms with Gasteiger partial charge in [-0.2, -0.15) is 0 Å². The van der Waals surface area contributed by atoms with Gasteiger partial charge in [-0.1, -0.05) is 11.3 Å². The first-order valence-electron chi connectivity index (χ1n) is 4.84. The Kier molecular flexibility index (Phi) is 3.24. The van der Waals surface area contributed by atoms with E-state index in [9.17, 15) is 4.39 Å². The minimum absolute atomic E-state index is 0.298. The van der Waals surface area contributed by atoms with Gasteiger partial charge in [0.15, 0.2) is 0 Å². The first-order valence-corrected chi connectivity index (χ1v) is 4.84. The number of hydrogen-bond acceptors (Lipinski definition) is 3. The Morgan fingerprint density at radius 3 is 2.80 bits per heavy atom. The average molecular weight is 209 g/mol. The molecular formula is C10H12FN3O. The fourth-order valence-corrected chi connectivity index (χ4v) is 1.30. The summed E-state index contributed by atoms with van der Waals surface area (Å²) in [6.45, 7) is 2.81. The number of rotatable bonds is 2. The molecule has 1 aliphatic heterocycles. The highest BCUT2D eigenvalue weighted by Gasteiger charge is 2.06. The molecule has 1 aromatic carbocycles. The predicted octanol–water partition coefficient (Wildman–Crippen LogP) is 2.16. The van der Waals surface area contributed by atoms with Crippen molar-refractivity contribution < 1.29 is 9.13 Å². The number of halogens is 1. The number of morpholine rings is 1. The molecule has 0 bridgehead atoms. The van der Waals surface area contributed by atoms with Gasteiger partial charge in [-0.3, -0.25) is 5.01 Å². The molecule has 1 aliphatic rings. The van der Waals surface area contributed by atoms with Crippen molar-refractivity contribution in [3.05, 3.63) is 30.1 Å². The molecule has 1 fully saturated rings. The number of benzene rings is 1. The molecule has 0 amide bonds. The van der Waals surface area contributed by atoms with E-state index in [2.05, 4.69) is 10.3 Å². The molecule has 80 valence electrons. The fourth-order valence-electron chi connectivity index (χ4n) is 1.30. The van der Waals surface area contributed by atoms with Crippen LogP contribution in [0, 0.1) is 5.82 Å². The first kappa shape index (κ1) is 10.0. The van der Waals surface area contributed by atoms with E-state index in [0.717, 1.165) is 13.1 Å². The summed E-state index contributed by atoms with van der Waals surface area (Å²) in [5.41, 5.74) is 0.529. The first-order chi connectivity index (χ1) is 7.34. The van der Waals surface area contributed by atoms with Gasteiger partial charge in [-0.05, 0) is 12.1 Å². The maximum atomic E-state index is 12.8. The maximum absolute atomic E-state index is 12.8. The smallest absolute Gasteiger partial charge is 0.125 e. The molecule has 0 radical (unpaired) electrons. The molecule has 0 aromatic heterocycles. The van der Waals surface area contributed by atoms with Gasteiger partial charge in [0.1, 0.15) is 5.82 Å². The predicted molar refractivity (Wildman–Crippen MR) is 53.3 cm³/mol. The van der Waals surface area contributed by atoms with Gasteiger partial charge in [0.2, 0.25) is 0 Å². The molecule has 5 heteroatoms. The van der Waals surface area contributed by atoms with Crippen molar-refractivity contribution in [2.24, 2.45) is 10.3 Å². The summed E-state index contributed by atoms with van der Waals surface area (Å²) < 4.78 is 18.0. The van der Waals surface area contributed by atoms with E-state index in [1.54, 1.807) is 12.1 Å². The van der Waals surface area contributed by atoms with E-state index in [0.29, 0.717) is 18.9 Å². The molecule has 2 rings (SSSR count). The topological polar surface area (TPSA) is 37.2 Å². The largest absolute Gasteiger partial charge is 0.378 e.